The molecule has 1 unspecified atom stereocenters. The number of aromatic nitrogens is 2. The van der Waals surface area contributed by atoms with E-state index in [0.29, 0.717) is 49.1 Å². The number of esters is 1. The molecule has 0 saturated carbocycles. The predicted octanol–water partition coefficient (Wildman–Crippen LogP) is 4.39. The number of hydrogen-bond donors (Lipinski definition) is 0. The summed E-state index contributed by atoms with van der Waals surface area (Å²) in [6.07, 6.45) is 0. The maximum Gasteiger partial charge on any atom is 0.328 e. The third kappa shape index (κ3) is 5.39. The van der Waals surface area contributed by atoms with E-state index in [9.17, 15) is 9.18 Å². The van der Waals surface area contributed by atoms with Crippen molar-refractivity contribution in [3.05, 3.63) is 65.7 Å². The summed E-state index contributed by atoms with van der Waals surface area (Å²) in [6.45, 7) is 9.69. The first-order chi connectivity index (χ1) is 15.7. The number of piperazine rings is 1. The second-order valence-electron chi connectivity index (χ2n) is 9.18. The lowest BCUT2D eigenvalue weighted by molar-refractivity contribution is -0.162. The van der Waals surface area contributed by atoms with Crippen LogP contribution >= 0.6 is 0 Å². The number of rotatable bonds is 5. The maximum absolute atomic E-state index is 14.9. The van der Waals surface area contributed by atoms with Crippen molar-refractivity contribution >= 4 is 11.7 Å². The fourth-order valence-corrected chi connectivity index (χ4v) is 4.02. The molecule has 1 atom stereocenters. The summed E-state index contributed by atoms with van der Waals surface area (Å²) in [5.41, 5.74) is 1.38. The molecule has 1 saturated heterocycles. The van der Waals surface area contributed by atoms with Gasteiger partial charge in [-0.2, -0.15) is 4.98 Å². The molecule has 0 bridgehead atoms. The molecule has 0 spiro atoms. The van der Waals surface area contributed by atoms with Gasteiger partial charge in [0.2, 0.25) is 0 Å². The molecule has 2 aromatic carbocycles. The molecule has 1 aromatic heterocycles. The third-order valence-corrected chi connectivity index (χ3v) is 5.49. The Balaban J connectivity index is 1.49. The highest BCUT2D eigenvalue weighted by Gasteiger charge is 2.34. The Bertz CT molecular complexity index is 1100. The Kier molecular flexibility index (Phi) is 6.47. The van der Waals surface area contributed by atoms with Gasteiger partial charge in [0, 0.05) is 31.7 Å². The number of ether oxygens (including phenoxy) is 1. The molecular weight excluding hydrogens is 423 g/mol. The molecule has 0 radical (unpaired) electrons. The standard InChI is InChI=1S/C25H29FN4O3/c1-17-27-23(33-28-17)19-10-11-21(20(26)16-19)29-12-14-30(15-13-29)22(18-8-6-5-7-9-18)24(31)32-25(2,3)4/h5-11,16,22H,12-15H2,1-4H3. The first-order valence-electron chi connectivity index (χ1n) is 11.1. The molecule has 0 aliphatic carbocycles. The molecule has 8 heteroatoms. The van der Waals surface area contributed by atoms with Gasteiger partial charge < -0.3 is 14.2 Å². The predicted molar refractivity (Wildman–Crippen MR) is 123 cm³/mol. The van der Waals surface area contributed by atoms with E-state index in [-0.39, 0.29) is 11.8 Å². The van der Waals surface area contributed by atoms with Crippen LogP contribution in [0.5, 0.6) is 0 Å². The van der Waals surface area contributed by atoms with Crippen molar-refractivity contribution in [3.63, 3.8) is 0 Å². The largest absolute Gasteiger partial charge is 0.459 e. The molecule has 0 N–H and O–H groups in total. The van der Waals surface area contributed by atoms with Crippen LogP contribution in [-0.4, -0.2) is 52.8 Å². The van der Waals surface area contributed by atoms with Crippen LogP contribution in [0.2, 0.25) is 0 Å². The third-order valence-electron chi connectivity index (χ3n) is 5.49. The fraction of sp³-hybridized carbons (Fsp3) is 0.400. The lowest BCUT2D eigenvalue weighted by atomic mass is 10.0. The Morgan fingerprint density at radius 3 is 2.36 bits per heavy atom. The molecule has 1 aliphatic heterocycles. The highest BCUT2D eigenvalue weighted by molar-refractivity contribution is 5.78. The first kappa shape index (κ1) is 22.9. The smallest absolute Gasteiger partial charge is 0.328 e. The Labute approximate surface area is 193 Å². The SMILES string of the molecule is Cc1noc(-c2ccc(N3CCN(C(C(=O)OC(C)(C)C)c4ccccc4)CC3)c(F)c2)n1. The second kappa shape index (κ2) is 9.31. The van der Waals surface area contributed by atoms with E-state index in [1.807, 2.05) is 56.0 Å². The molecule has 1 fully saturated rings. The van der Waals surface area contributed by atoms with Gasteiger partial charge in [0.05, 0.1) is 5.69 Å². The normalized spacial score (nSPS) is 16.0. The van der Waals surface area contributed by atoms with Gasteiger partial charge >= 0.3 is 5.97 Å². The lowest BCUT2D eigenvalue weighted by Gasteiger charge is -2.40. The average molecular weight is 453 g/mol. The summed E-state index contributed by atoms with van der Waals surface area (Å²) >= 11 is 0. The van der Waals surface area contributed by atoms with Crippen LogP contribution < -0.4 is 4.90 Å². The van der Waals surface area contributed by atoms with E-state index in [4.69, 9.17) is 9.26 Å². The first-order valence-corrected chi connectivity index (χ1v) is 11.1. The zero-order valence-corrected chi connectivity index (χ0v) is 19.4. The van der Waals surface area contributed by atoms with Gasteiger partial charge in [-0.25, -0.2) is 9.18 Å². The monoisotopic (exact) mass is 452 g/mol. The van der Waals surface area contributed by atoms with Crippen molar-refractivity contribution < 1.29 is 18.4 Å². The Hall–Kier alpha value is -3.26. The summed E-state index contributed by atoms with van der Waals surface area (Å²) in [7, 11) is 0. The number of carbonyl (C=O) groups excluding carboxylic acids is 1. The van der Waals surface area contributed by atoms with E-state index < -0.39 is 11.6 Å². The molecule has 4 rings (SSSR count). The van der Waals surface area contributed by atoms with E-state index in [1.54, 1.807) is 19.1 Å². The summed E-state index contributed by atoms with van der Waals surface area (Å²) < 4.78 is 25.8. The zero-order valence-electron chi connectivity index (χ0n) is 19.4. The van der Waals surface area contributed by atoms with Gasteiger partial charge in [-0.15, -0.1) is 0 Å². The number of anilines is 1. The number of hydrogen-bond acceptors (Lipinski definition) is 7. The Morgan fingerprint density at radius 2 is 1.79 bits per heavy atom. The summed E-state index contributed by atoms with van der Waals surface area (Å²) in [4.78, 5) is 21.3. The van der Waals surface area contributed by atoms with Crippen molar-refractivity contribution in [2.45, 2.75) is 39.3 Å². The van der Waals surface area contributed by atoms with Gasteiger partial charge in [-0.3, -0.25) is 4.90 Å². The number of aryl methyl sites for hydroxylation is 1. The minimum Gasteiger partial charge on any atom is -0.459 e. The lowest BCUT2D eigenvalue weighted by Crippen LogP contribution is -2.50. The summed E-state index contributed by atoms with van der Waals surface area (Å²) in [5.74, 6) is 0.186. The molecule has 174 valence electrons. The van der Waals surface area contributed by atoms with Crippen molar-refractivity contribution in [2.75, 3.05) is 31.1 Å². The maximum atomic E-state index is 14.9. The number of halogens is 1. The molecule has 2 heterocycles. The van der Waals surface area contributed by atoms with Crippen molar-refractivity contribution in [1.29, 1.82) is 0 Å². The number of benzene rings is 2. The second-order valence-corrected chi connectivity index (χ2v) is 9.18. The molecule has 7 nitrogen and oxygen atoms in total. The zero-order chi connectivity index (χ0) is 23.6. The molecular formula is C25H29FN4O3. The topological polar surface area (TPSA) is 71.7 Å². The van der Waals surface area contributed by atoms with Gasteiger partial charge in [0.15, 0.2) is 5.82 Å². The van der Waals surface area contributed by atoms with E-state index in [1.165, 1.54) is 6.07 Å². The van der Waals surface area contributed by atoms with E-state index >= 15 is 0 Å². The highest BCUT2D eigenvalue weighted by atomic mass is 19.1. The van der Waals surface area contributed by atoms with Gasteiger partial charge in [-0.05, 0) is 51.5 Å². The van der Waals surface area contributed by atoms with E-state index in [2.05, 4.69) is 15.0 Å². The van der Waals surface area contributed by atoms with Crippen molar-refractivity contribution in [3.8, 4) is 11.5 Å². The fourth-order valence-electron chi connectivity index (χ4n) is 4.02. The molecule has 1 aliphatic rings. The van der Waals surface area contributed by atoms with Gasteiger partial charge in [0.25, 0.3) is 5.89 Å². The minimum absolute atomic E-state index is 0.271. The van der Waals surface area contributed by atoms with Gasteiger partial charge in [-0.1, -0.05) is 35.5 Å². The van der Waals surface area contributed by atoms with Crippen molar-refractivity contribution in [2.24, 2.45) is 0 Å². The molecule has 33 heavy (non-hydrogen) atoms. The minimum atomic E-state index is -0.576. The Morgan fingerprint density at radius 1 is 1.09 bits per heavy atom. The van der Waals surface area contributed by atoms with Gasteiger partial charge in [0.1, 0.15) is 17.5 Å². The number of carbonyl (C=O) groups is 1. The van der Waals surface area contributed by atoms with Crippen LogP contribution in [-0.2, 0) is 9.53 Å². The average Bonchev–Trinajstić information content (AvgIpc) is 3.20. The van der Waals surface area contributed by atoms with Crippen LogP contribution in [0.25, 0.3) is 11.5 Å². The van der Waals surface area contributed by atoms with E-state index in [0.717, 1.165) is 5.56 Å². The van der Waals surface area contributed by atoms with Crippen LogP contribution in [0, 0.1) is 12.7 Å². The quantitative estimate of drug-likeness (QED) is 0.532. The number of nitrogens with zero attached hydrogens (tertiary/aromatic N) is 4. The van der Waals surface area contributed by atoms with Crippen LogP contribution in [0.3, 0.4) is 0 Å². The summed E-state index contributed by atoms with van der Waals surface area (Å²) in [6, 6.07) is 14.1. The highest BCUT2D eigenvalue weighted by Crippen LogP contribution is 2.30. The molecule has 0 amide bonds. The van der Waals surface area contributed by atoms with Crippen LogP contribution in [0.4, 0.5) is 10.1 Å². The summed E-state index contributed by atoms with van der Waals surface area (Å²) in [5, 5.41) is 3.76. The van der Waals surface area contributed by atoms with Crippen molar-refractivity contribution in [1.82, 2.24) is 15.0 Å². The van der Waals surface area contributed by atoms with Crippen LogP contribution in [0.1, 0.15) is 38.2 Å². The van der Waals surface area contributed by atoms with Crippen LogP contribution in [0.15, 0.2) is 53.1 Å². The molecule has 3 aromatic rings.